The van der Waals surface area contributed by atoms with Gasteiger partial charge in [-0.2, -0.15) is 0 Å². The van der Waals surface area contributed by atoms with Gasteiger partial charge in [0.15, 0.2) is 0 Å². The van der Waals surface area contributed by atoms with Crippen molar-refractivity contribution in [1.29, 1.82) is 0 Å². The molecule has 22 heavy (non-hydrogen) atoms. The van der Waals surface area contributed by atoms with Crippen molar-refractivity contribution in [2.24, 2.45) is 0 Å². The van der Waals surface area contributed by atoms with Crippen LogP contribution in [0.5, 0.6) is 0 Å². The fourth-order valence-corrected chi connectivity index (χ4v) is 3.21. The predicted octanol–water partition coefficient (Wildman–Crippen LogP) is 3.41. The van der Waals surface area contributed by atoms with Crippen LogP contribution in [0.15, 0.2) is 42.7 Å². The number of nitrogens with one attached hydrogen (secondary N) is 1. The fourth-order valence-electron chi connectivity index (χ4n) is 3.10. The average molecular weight is 320 g/mol. The van der Waals surface area contributed by atoms with E-state index in [1.165, 1.54) is 0 Å². The molecule has 0 unspecified atom stereocenters. The molecule has 5 heteroatoms. The number of rotatable bonds is 4. The Morgan fingerprint density at radius 3 is 3.00 bits per heavy atom. The minimum absolute atomic E-state index is 0.156. The van der Waals surface area contributed by atoms with E-state index in [0.717, 1.165) is 30.6 Å². The first-order valence-corrected chi connectivity index (χ1v) is 7.80. The third-order valence-corrected chi connectivity index (χ3v) is 4.53. The Morgan fingerprint density at radius 1 is 1.41 bits per heavy atom. The first-order valence-electron chi connectivity index (χ1n) is 7.42. The van der Waals surface area contributed by atoms with Crippen LogP contribution in [0.3, 0.4) is 0 Å². The van der Waals surface area contributed by atoms with Gasteiger partial charge in [0.2, 0.25) is 0 Å². The highest BCUT2D eigenvalue weighted by Gasteiger charge is 2.32. The summed E-state index contributed by atoms with van der Waals surface area (Å²) in [6.07, 6.45) is 4.67. The van der Waals surface area contributed by atoms with Crippen LogP contribution in [0, 0.1) is 5.82 Å². The average Bonchev–Trinajstić information content (AvgIpc) is 2.90. The Kier molecular flexibility index (Phi) is 4.71. The van der Waals surface area contributed by atoms with Gasteiger partial charge in [-0.25, -0.2) is 4.39 Å². The summed E-state index contributed by atoms with van der Waals surface area (Å²) in [7, 11) is 2.07. The second-order valence-corrected chi connectivity index (χ2v) is 6.14. The van der Waals surface area contributed by atoms with E-state index in [1.807, 2.05) is 18.3 Å². The number of halogens is 2. The van der Waals surface area contributed by atoms with Crippen molar-refractivity contribution >= 4 is 11.6 Å². The number of hydrogen-bond donors (Lipinski definition) is 1. The van der Waals surface area contributed by atoms with Crippen molar-refractivity contribution in [1.82, 2.24) is 15.2 Å². The van der Waals surface area contributed by atoms with E-state index in [9.17, 15) is 4.39 Å². The van der Waals surface area contributed by atoms with Crippen LogP contribution in [0.2, 0.25) is 5.02 Å². The molecule has 2 atom stereocenters. The molecule has 0 aliphatic carbocycles. The number of likely N-dealkylation sites (N-methyl/N-ethyl adjacent to an activating group) is 1. The van der Waals surface area contributed by atoms with E-state index < -0.39 is 0 Å². The molecule has 0 spiro atoms. The summed E-state index contributed by atoms with van der Waals surface area (Å²) in [6.45, 7) is 1.75. The number of likely N-dealkylation sites (tertiary alicyclic amines) is 1. The van der Waals surface area contributed by atoms with Crippen LogP contribution in [0.1, 0.15) is 23.6 Å². The fraction of sp³-hybridized carbons (Fsp3) is 0.353. The van der Waals surface area contributed by atoms with Gasteiger partial charge in [-0.1, -0.05) is 23.7 Å². The molecule has 1 fully saturated rings. The molecule has 0 radical (unpaired) electrons. The molecule has 1 aliphatic heterocycles. The molecular weight excluding hydrogens is 301 g/mol. The van der Waals surface area contributed by atoms with E-state index in [1.54, 1.807) is 18.3 Å². The van der Waals surface area contributed by atoms with Gasteiger partial charge in [-0.05, 0) is 42.8 Å². The lowest BCUT2D eigenvalue weighted by Crippen LogP contribution is -2.34. The second kappa shape index (κ2) is 6.73. The zero-order chi connectivity index (χ0) is 15.5. The summed E-state index contributed by atoms with van der Waals surface area (Å²) >= 11 is 5.79. The summed E-state index contributed by atoms with van der Waals surface area (Å²) in [5.74, 6) is -0.356. The number of aromatic nitrogens is 1. The lowest BCUT2D eigenvalue weighted by molar-refractivity contribution is 0.285. The second-order valence-electron chi connectivity index (χ2n) is 5.74. The van der Waals surface area contributed by atoms with Crippen molar-refractivity contribution in [2.75, 3.05) is 13.6 Å². The molecule has 1 saturated heterocycles. The molecule has 116 valence electrons. The molecule has 2 heterocycles. The maximum Gasteiger partial charge on any atom is 0.142 e. The molecule has 3 nitrogen and oxygen atoms in total. The summed E-state index contributed by atoms with van der Waals surface area (Å²) in [5, 5.41) is 3.74. The molecule has 0 saturated carbocycles. The first-order chi connectivity index (χ1) is 10.6. The SMILES string of the molecule is CN1CC[C@@H](NCc2cccnc2)[C@H]1c1ccc(Cl)c(F)c1. The van der Waals surface area contributed by atoms with E-state index in [2.05, 4.69) is 28.3 Å². The van der Waals surface area contributed by atoms with Crippen molar-refractivity contribution < 1.29 is 4.39 Å². The topological polar surface area (TPSA) is 28.2 Å². The lowest BCUT2D eigenvalue weighted by atomic mass is 10.00. The zero-order valence-electron chi connectivity index (χ0n) is 12.5. The maximum atomic E-state index is 13.8. The quantitative estimate of drug-likeness (QED) is 0.936. The van der Waals surface area contributed by atoms with Crippen LogP contribution in [-0.4, -0.2) is 29.5 Å². The summed E-state index contributed by atoms with van der Waals surface area (Å²) < 4.78 is 13.8. The lowest BCUT2D eigenvalue weighted by Gasteiger charge is -2.26. The normalized spacial score (nSPS) is 22.1. The molecule has 1 aromatic carbocycles. The van der Waals surface area contributed by atoms with Crippen LogP contribution in [-0.2, 0) is 6.54 Å². The molecule has 0 amide bonds. The molecule has 1 aromatic heterocycles. The predicted molar refractivity (Wildman–Crippen MR) is 86.3 cm³/mol. The Balaban J connectivity index is 1.74. The zero-order valence-corrected chi connectivity index (χ0v) is 13.2. The standard InChI is InChI=1S/C17H19ClFN3/c1-22-8-6-16(21-11-12-3-2-7-20-10-12)17(22)13-4-5-14(18)15(19)9-13/h2-5,7,9-10,16-17,21H,6,8,11H2,1H3/t16-,17-/m1/s1. The van der Waals surface area contributed by atoms with Crippen LogP contribution in [0.25, 0.3) is 0 Å². The van der Waals surface area contributed by atoms with Crippen molar-refractivity contribution in [3.05, 3.63) is 64.7 Å². The highest BCUT2D eigenvalue weighted by atomic mass is 35.5. The molecule has 1 aliphatic rings. The van der Waals surface area contributed by atoms with Gasteiger partial charge in [-0.15, -0.1) is 0 Å². The maximum absolute atomic E-state index is 13.8. The monoisotopic (exact) mass is 319 g/mol. The number of pyridine rings is 1. The smallest absolute Gasteiger partial charge is 0.142 e. The Labute approximate surface area is 135 Å². The molecule has 0 bridgehead atoms. The minimum atomic E-state index is -0.356. The highest BCUT2D eigenvalue weighted by molar-refractivity contribution is 6.30. The largest absolute Gasteiger partial charge is 0.308 e. The molecule has 1 N–H and O–H groups in total. The summed E-state index contributed by atoms with van der Waals surface area (Å²) in [6, 6.07) is 9.52. The van der Waals surface area contributed by atoms with Crippen molar-refractivity contribution in [2.45, 2.75) is 25.0 Å². The van der Waals surface area contributed by atoms with E-state index in [4.69, 9.17) is 11.6 Å². The number of benzene rings is 1. The molecule has 3 rings (SSSR count). The summed E-state index contributed by atoms with van der Waals surface area (Å²) in [5.41, 5.74) is 2.11. The third-order valence-electron chi connectivity index (χ3n) is 4.23. The van der Waals surface area contributed by atoms with Gasteiger partial charge in [0.05, 0.1) is 5.02 Å². The van der Waals surface area contributed by atoms with Crippen LogP contribution >= 0.6 is 11.6 Å². The van der Waals surface area contributed by atoms with Gasteiger partial charge in [-0.3, -0.25) is 9.88 Å². The van der Waals surface area contributed by atoms with Gasteiger partial charge in [0.25, 0.3) is 0 Å². The van der Waals surface area contributed by atoms with E-state index in [-0.39, 0.29) is 22.9 Å². The number of hydrogen-bond acceptors (Lipinski definition) is 3. The van der Waals surface area contributed by atoms with Crippen LogP contribution in [0.4, 0.5) is 4.39 Å². The Hall–Kier alpha value is -1.49. The first kappa shape index (κ1) is 15.4. The Bertz CT molecular complexity index is 635. The third kappa shape index (κ3) is 3.29. The van der Waals surface area contributed by atoms with Crippen molar-refractivity contribution in [3.63, 3.8) is 0 Å². The number of nitrogens with zero attached hydrogens (tertiary/aromatic N) is 2. The van der Waals surface area contributed by atoms with Crippen molar-refractivity contribution in [3.8, 4) is 0 Å². The van der Waals surface area contributed by atoms with Gasteiger partial charge in [0.1, 0.15) is 5.82 Å². The Morgan fingerprint density at radius 2 is 2.27 bits per heavy atom. The molecule has 2 aromatic rings. The van der Waals surface area contributed by atoms with Gasteiger partial charge in [0, 0.05) is 37.6 Å². The summed E-state index contributed by atoms with van der Waals surface area (Å²) in [4.78, 5) is 6.38. The van der Waals surface area contributed by atoms with E-state index in [0.29, 0.717) is 0 Å². The minimum Gasteiger partial charge on any atom is -0.308 e. The van der Waals surface area contributed by atoms with Crippen LogP contribution < -0.4 is 5.32 Å². The molecular formula is C17H19ClFN3. The van der Waals surface area contributed by atoms with E-state index >= 15 is 0 Å². The van der Waals surface area contributed by atoms with Gasteiger partial charge < -0.3 is 5.32 Å². The van der Waals surface area contributed by atoms with Gasteiger partial charge >= 0.3 is 0 Å². The highest BCUT2D eigenvalue weighted by Crippen LogP contribution is 2.32.